The summed E-state index contributed by atoms with van der Waals surface area (Å²) in [5, 5.41) is 45.4. The Kier molecular flexibility index (Phi) is 14.8. The van der Waals surface area contributed by atoms with Crippen LogP contribution in [0.4, 0.5) is 34.1 Å². The zero-order valence-electron chi connectivity index (χ0n) is 38.5. The molecule has 0 unspecified atom stereocenters. The number of fused-ring (bicyclic) bond motifs is 2. The standard InChI is InChI=1S/C40H33N9O3.C13H13N3O.Zr/c1-25-16-19-37(34(22-25)43-42-29-11-5-4-10-28(29)41)50-40(51-38-20-17-26(2)23-35(38)48-44-30-12-6-7-13-31(30)45-48)52-39-21-18-27(3)24-36(39)49-46-32-14-8-9-15-33(32)47-49;1-9-6-7-13(17)12(8-9)16-15-11-5-3-2-4-10(11)14;/h4-24,40H,41H2,1-3H3;2-8,17H,14H2,1H3;. The summed E-state index contributed by atoms with van der Waals surface area (Å²) in [6.45, 7) is 6.52. The number of phenols is 1. The van der Waals surface area contributed by atoms with Gasteiger partial charge in [-0.3, -0.25) is 0 Å². The average Bonchev–Trinajstić information content (AvgIpc) is 3.99. The zero-order chi connectivity index (χ0) is 47.9. The van der Waals surface area contributed by atoms with Crippen LogP contribution in [-0.4, -0.2) is 41.6 Å². The monoisotopic (exact) mass is 1000 g/mol. The SMILES string of the molecule is Cc1ccc(O)c(N=Nc2ccccc2N)c1.Cc1ccc(OC(Oc2ccc(C)cc2-n2nc3ccccc3n2)Oc2ccc(C)cc2-n2nc3ccccc3n2)c(N=Nc2ccccc2N)c1.[Zr]. The molecule has 0 radical (unpaired) electrons. The molecular formula is C53H46N12O4Zr. The van der Waals surface area contributed by atoms with Crippen molar-refractivity contribution in [2.75, 3.05) is 11.5 Å². The Morgan fingerprint density at radius 1 is 0.414 bits per heavy atom. The van der Waals surface area contributed by atoms with Crippen molar-refractivity contribution in [2.45, 2.75) is 34.2 Å². The van der Waals surface area contributed by atoms with Crippen molar-refractivity contribution >= 4 is 56.2 Å². The quantitative estimate of drug-likeness (QED) is 0.0598. The van der Waals surface area contributed by atoms with Crippen LogP contribution in [0.25, 0.3) is 33.4 Å². The number of hydrogen-bond donors (Lipinski definition) is 3. The fourth-order valence-electron chi connectivity index (χ4n) is 6.98. The van der Waals surface area contributed by atoms with E-state index in [-0.39, 0.29) is 32.0 Å². The molecule has 346 valence electrons. The molecule has 5 N–H and O–H groups in total. The molecule has 0 aliphatic heterocycles. The van der Waals surface area contributed by atoms with Gasteiger partial charge >= 0.3 is 6.48 Å². The maximum Gasteiger partial charge on any atom is 0.406 e. The van der Waals surface area contributed by atoms with Gasteiger partial charge in [0.05, 0.1) is 11.4 Å². The Morgan fingerprint density at radius 2 is 0.757 bits per heavy atom. The van der Waals surface area contributed by atoms with Crippen LogP contribution in [0.3, 0.4) is 0 Å². The Bertz CT molecular complexity index is 3330. The largest absolute Gasteiger partial charge is 0.506 e. The summed E-state index contributed by atoms with van der Waals surface area (Å²) in [6, 6.07) is 51.9. The summed E-state index contributed by atoms with van der Waals surface area (Å²) < 4.78 is 19.8. The Hall–Kier alpha value is -8.56. The number of benzene rings is 8. The molecule has 0 fully saturated rings. The predicted molar refractivity (Wildman–Crippen MR) is 267 cm³/mol. The van der Waals surface area contributed by atoms with Gasteiger partial charge in [0.2, 0.25) is 0 Å². The number of ether oxygens (including phenoxy) is 3. The first-order valence-corrected chi connectivity index (χ1v) is 21.8. The molecule has 2 heterocycles. The minimum atomic E-state index is -1.35. The van der Waals surface area contributed by atoms with Crippen LogP contribution in [0.2, 0.25) is 0 Å². The molecule has 8 aromatic carbocycles. The Labute approximate surface area is 422 Å². The Morgan fingerprint density at radius 3 is 1.21 bits per heavy atom. The number of aryl methyl sites for hydroxylation is 4. The van der Waals surface area contributed by atoms with Crippen LogP contribution in [0.15, 0.2) is 190 Å². The van der Waals surface area contributed by atoms with Gasteiger partial charge in [0.15, 0.2) is 17.2 Å². The second kappa shape index (κ2) is 21.6. The van der Waals surface area contributed by atoms with Crippen molar-refractivity contribution in [3.8, 4) is 34.4 Å². The van der Waals surface area contributed by atoms with Gasteiger partial charge in [0.25, 0.3) is 0 Å². The van der Waals surface area contributed by atoms with Gasteiger partial charge in [-0.05, 0) is 147 Å². The summed E-state index contributed by atoms with van der Waals surface area (Å²) in [6.07, 6.45) is 0. The van der Waals surface area contributed by atoms with E-state index in [2.05, 4.69) is 20.5 Å². The smallest absolute Gasteiger partial charge is 0.406 e. The molecule has 2 aromatic heterocycles. The van der Waals surface area contributed by atoms with Crippen molar-refractivity contribution in [2.24, 2.45) is 20.5 Å². The normalized spacial score (nSPS) is 11.2. The topological polar surface area (TPSA) is 211 Å². The second-order valence-corrected chi connectivity index (χ2v) is 16.0. The third-order valence-electron chi connectivity index (χ3n) is 10.6. The third-order valence-corrected chi connectivity index (χ3v) is 10.6. The van der Waals surface area contributed by atoms with E-state index < -0.39 is 6.48 Å². The first kappa shape index (κ1) is 47.9. The van der Waals surface area contributed by atoms with E-state index >= 15 is 0 Å². The first-order chi connectivity index (χ1) is 33.5. The summed E-state index contributed by atoms with van der Waals surface area (Å²) in [4.78, 5) is 3.10. The van der Waals surface area contributed by atoms with E-state index in [4.69, 9.17) is 46.1 Å². The number of nitrogens with two attached hydrogens (primary N) is 2. The summed E-state index contributed by atoms with van der Waals surface area (Å²) in [5.74, 6) is 1.30. The number of rotatable bonds is 12. The van der Waals surface area contributed by atoms with Crippen LogP contribution in [-0.2, 0) is 26.2 Å². The van der Waals surface area contributed by atoms with Crippen molar-refractivity contribution in [1.82, 2.24) is 30.0 Å². The van der Waals surface area contributed by atoms with E-state index in [0.29, 0.717) is 62.7 Å². The molecule has 0 atom stereocenters. The maximum absolute atomic E-state index is 9.60. The molecule has 10 rings (SSSR count). The van der Waals surface area contributed by atoms with E-state index in [1.165, 1.54) is 0 Å². The molecule has 0 spiro atoms. The van der Waals surface area contributed by atoms with Gasteiger partial charge in [-0.1, -0.05) is 72.8 Å². The van der Waals surface area contributed by atoms with Crippen LogP contribution in [0.5, 0.6) is 23.0 Å². The van der Waals surface area contributed by atoms with Crippen LogP contribution in [0.1, 0.15) is 22.3 Å². The van der Waals surface area contributed by atoms with Crippen LogP contribution in [0, 0.1) is 27.7 Å². The number of para-hydroxylation sites is 2. The number of nitrogens with zero attached hydrogens (tertiary/aromatic N) is 10. The number of nitrogen functional groups attached to an aromatic ring is 2. The first-order valence-electron chi connectivity index (χ1n) is 21.8. The molecule has 70 heavy (non-hydrogen) atoms. The number of hydrogen-bond acceptors (Lipinski definition) is 14. The molecule has 16 nitrogen and oxygen atoms in total. The average molecular weight is 1010 g/mol. The predicted octanol–water partition coefficient (Wildman–Crippen LogP) is 12.6. The molecule has 0 amide bonds. The van der Waals surface area contributed by atoms with Gasteiger partial charge in [0, 0.05) is 26.2 Å². The fourth-order valence-corrected chi connectivity index (χ4v) is 6.98. The van der Waals surface area contributed by atoms with Crippen molar-refractivity contribution in [3.05, 3.63) is 192 Å². The van der Waals surface area contributed by atoms with Gasteiger partial charge in [-0.2, -0.15) is 0 Å². The molecule has 0 saturated carbocycles. The van der Waals surface area contributed by atoms with Crippen LogP contribution < -0.4 is 25.7 Å². The van der Waals surface area contributed by atoms with Gasteiger partial charge in [0.1, 0.15) is 61.9 Å². The van der Waals surface area contributed by atoms with E-state index in [9.17, 15) is 5.11 Å². The van der Waals surface area contributed by atoms with Gasteiger partial charge in [-0.15, -0.1) is 50.4 Å². The molecular weight excluding hydrogens is 960 g/mol. The maximum atomic E-state index is 9.60. The minimum absolute atomic E-state index is 0. The van der Waals surface area contributed by atoms with E-state index in [0.717, 1.165) is 44.3 Å². The summed E-state index contributed by atoms with van der Waals surface area (Å²) in [5.41, 5.74) is 23.1. The molecule has 10 aromatic rings. The van der Waals surface area contributed by atoms with E-state index in [1.54, 1.807) is 52.1 Å². The summed E-state index contributed by atoms with van der Waals surface area (Å²) >= 11 is 0. The van der Waals surface area contributed by atoms with Crippen molar-refractivity contribution in [3.63, 3.8) is 0 Å². The molecule has 0 aliphatic rings. The minimum Gasteiger partial charge on any atom is -0.506 e. The summed E-state index contributed by atoms with van der Waals surface area (Å²) in [7, 11) is 0. The van der Waals surface area contributed by atoms with Crippen LogP contribution >= 0.6 is 0 Å². The number of azo groups is 2. The van der Waals surface area contributed by atoms with E-state index in [1.807, 2.05) is 155 Å². The molecule has 0 aliphatic carbocycles. The molecule has 0 saturated heterocycles. The molecule has 17 heteroatoms. The third kappa shape index (κ3) is 11.4. The number of aromatic hydroxyl groups is 1. The Balaban J connectivity index is 0.000000309. The number of anilines is 2. The second-order valence-electron chi connectivity index (χ2n) is 16.0. The number of phenolic OH excluding ortho intramolecular Hbond substituents is 1. The number of aromatic nitrogens is 6. The van der Waals surface area contributed by atoms with Gasteiger partial charge in [-0.25, -0.2) is 0 Å². The van der Waals surface area contributed by atoms with Crippen molar-refractivity contribution in [1.29, 1.82) is 0 Å². The van der Waals surface area contributed by atoms with Gasteiger partial charge < -0.3 is 30.8 Å². The zero-order valence-corrected chi connectivity index (χ0v) is 41.0. The molecule has 0 bridgehead atoms. The fraction of sp³-hybridized carbons (Fsp3) is 0.0943. The van der Waals surface area contributed by atoms with Crippen molar-refractivity contribution < 1.29 is 45.5 Å².